The Morgan fingerprint density at radius 2 is 1.57 bits per heavy atom. The molecule has 21 heavy (non-hydrogen) atoms. The Morgan fingerprint density at radius 3 is 2.10 bits per heavy atom. The van der Waals surface area contributed by atoms with E-state index >= 15 is 0 Å². The quantitative estimate of drug-likeness (QED) is 0.794. The van der Waals surface area contributed by atoms with Gasteiger partial charge in [-0.2, -0.15) is 0 Å². The van der Waals surface area contributed by atoms with Crippen LogP contribution in [0.2, 0.25) is 20.1 Å². The molecule has 112 valence electrons. The highest BCUT2D eigenvalue weighted by Gasteiger charge is 2.27. The minimum absolute atomic E-state index is 0.170. The normalized spacial score (nSPS) is 14.0. The smallest absolute Gasteiger partial charge is 0.0886 e. The third-order valence-corrected chi connectivity index (χ3v) is 4.51. The Hall–Kier alpha value is -0.480. The van der Waals surface area contributed by atoms with E-state index in [0.717, 1.165) is 0 Å². The van der Waals surface area contributed by atoms with Gasteiger partial charge in [0.05, 0.1) is 6.10 Å². The Kier molecular flexibility index (Phi) is 5.78. The van der Waals surface area contributed by atoms with Crippen molar-refractivity contribution in [2.75, 3.05) is 6.54 Å². The molecule has 2 nitrogen and oxygen atoms in total. The summed E-state index contributed by atoms with van der Waals surface area (Å²) in [6.07, 6.45) is -0.933. The molecule has 0 bridgehead atoms. The average molecular weight is 365 g/mol. The van der Waals surface area contributed by atoms with Gasteiger partial charge in [0.2, 0.25) is 0 Å². The SMILES string of the molecule is NCC(c1c(Cl)cccc1Cl)C(O)c1ccc(Cl)cc1Cl. The molecule has 2 aromatic carbocycles. The minimum Gasteiger partial charge on any atom is -0.388 e. The van der Waals surface area contributed by atoms with Crippen LogP contribution >= 0.6 is 46.4 Å². The zero-order valence-electron chi connectivity index (χ0n) is 10.9. The summed E-state index contributed by atoms with van der Waals surface area (Å²) >= 11 is 24.4. The van der Waals surface area contributed by atoms with E-state index in [4.69, 9.17) is 52.1 Å². The lowest BCUT2D eigenvalue weighted by Gasteiger charge is -2.25. The third kappa shape index (κ3) is 3.65. The Balaban J connectivity index is 2.46. The van der Waals surface area contributed by atoms with Crippen molar-refractivity contribution in [1.29, 1.82) is 0 Å². The van der Waals surface area contributed by atoms with E-state index in [-0.39, 0.29) is 6.54 Å². The maximum atomic E-state index is 10.6. The molecule has 0 aliphatic rings. The zero-order valence-corrected chi connectivity index (χ0v) is 13.9. The standard InChI is InChI=1S/C15H13Cl4NO/c16-8-4-5-9(13(19)6-8)15(21)10(7-20)14-11(17)2-1-3-12(14)18/h1-6,10,15,21H,7,20H2. The summed E-state index contributed by atoms with van der Waals surface area (Å²) in [5.41, 5.74) is 6.96. The van der Waals surface area contributed by atoms with E-state index < -0.39 is 12.0 Å². The number of rotatable bonds is 4. The number of aliphatic hydroxyl groups is 1. The van der Waals surface area contributed by atoms with Crippen molar-refractivity contribution in [3.8, 4) is 0 Å². The summed E-state index contributed by atoms with van der Waals surface area (Å²) < 4.78 is 0. The van der Waals surface area contributed by atoms with Crippen molar-refractivity contribution in [3.05, 3.63) is 67.6 Å². The van der Waals surface area contributed by atoms with Crippen LogP contribution in [-0.2, 0) is 0 Å². The molecule has 2 unspecified atom stereocenters. The van der Waals surface area contributed by atoms with Gasteiger partial charge in [0.1, 0.15) is 0 Å². The largest absolute Gasteiger partial charge is 0.388 e. The first-order valence-corrected chi connectivity index (χ1v) is 7.74. The summed E-state index contributed by atoms with van der Waals surface area (Å²) in [5, 5.41) is 12.4. The average Bonchev–Trinajstić information content (AvgIpc) is 2.42. The maximum Gasteiger partial charge on any atom is 0.0886 e. The molecule has 0 saturated heterocycles. The van der Waals surface area contributed by atoms with E-state index in [1.807, 2.05) is 0 Å². The number of hydrogen-bond acceptors (Lipinski definition) is 2. The lowest BCUT2D eigenvalue weighted by atomic mass is 9.89. The second-order valence-corrected chi connectivity index (χ2v) is 6.25. The van der Waals surface area contributed by atoms with Gasteiger partial charge >= 0.3 is 0 Å². The Labute approximate surface area is 143 Å². The first-order chi connectivity index (χ1) is 9.95. The van der Waals surface area contributed by atoms with Gasteiger partial charge in [-0.05, 0) is 35.4 Å². The first kappa shape index (κ1) is 16.9. The molecular weight excluding hydrogens is 352 g/mol. The van der Waals surface area contributed by atoms with Gasteiger partial charge in [0.15, 0.2) is 0 Å². The topological polar surface area (TPSA) is 46.2 Å². The van der Waals surface area contributed by atoms with Crippen molar-refractivity contribution < 1.29 is 5.11 Å². The molecule has 0 amide bonds. The first-order valence-electron chi connectivity index (χ1n) is 6.22. The van der Waals surface area contributed by atoms with Crippen LogP contribution in [0.3, 0.4) is 0 Å². The van der Waals surface area contributed by atoms with Gasteiger partial charge in [-0.15, -0.1) is 0 Å². The molecule has 0 spiro atoms. The summed E-state index contributed by atoms with van der Waals surface area (Å²) in [7, 11) is 0. The van der Waals surface area contributed by atoms with Crippen LogP contribution in [0.5, 0.6) is 0 Å². The van der Waals surface area contributed by atoms with Crippen molar-refractivity contribution in [2.24, 2.45) is 5.73 Å². The highest BCUT2D eigenvalue weighted by molar-refractivity contribution is 6.36. The summed E-state index contributed by atoms with van der Waals surface area (Å²) in [5.74, 6) is -0.468. The monoisotopic (exact) mass is 363 g/mol. The molecular formula is C15H13Cl4NO. The number of halogens is 4. The van der Waals surface area contributed by atoms with E-state index in [0.29, 0.717) is 31.2 Å². The van der Waals surface area contributed by atoms with Crippen molar-refractivity contribution >= 4 is 46.4 Å². The van der Waals surface area contributed by atoms with Gasteiger partial charge < -0.3 is 10.8 Å². The second kappa shape index (κ2) is 7.19. The maximum absolute atomic E-state index is 10.6. The van der Waals surface area contributed by atoms with Crippen LogP contribution < -0.4 is 5.73 Å². The van der Waals surface area contributed by atoms with Gasteiger partial charge in [0.25, 0.3) is 0 Å². The molecule has 0 aliphatic heterocycles. The molecule has 0 radical (unpaired) electrons. The van der Waals surface area contributed by atoms with Crippen LogP contribution in [0.4, 0.5) is 0 Å². The minimum atomic E-state index is -0.933. The Bertz CT molecular complexity index is 627. The van der Waals surface area contributed by atoms with Crippen molar-refractivity contribution in [1.82, 2.24) is 0 Å². The van der Waals surface area contributed by atoms with E-state index in [1.54, 1.807) is 36.4 Å². The van der Waals surface area contributed by atoms with Crippen molar-refractivity contribution in [3.63, 3.8) is 0 Å². The van der Waals surface area contributed by atoms with Gasteiger partial charge in [-0.25, -0.2) is 0 Å². The van der Waals surface area contributed by atoms with E-state index in [1.165, 1.54) is 0 Å². The van der Waals surface area contributed by atoms with Crippen molar-refractivity contribution in [2.45, 2.75) is 12.0 Å². The molecule has 2 rings (SSSR count). The Morgan fingerprint density at radius 1 is 0.952 bits per heavy atom. The fraction of sp³-hybridized carbons (Fsp3) is 0.200. The van der Waals surface area contributed by atoms with E-state index in [9.17, 15) is 5.11 Å². The van der Waals surface area contributed by atoms with Gasteiger partial charge in [-0.3, -0.25) is 0 Å². The lowest BCUT2D eigenvalue weighted by Crippen LogP contribution is -2.21. The second-order valence-electron chi connectivity index (χ2n) is 4.59. The zero-order chi connectivity index (χ0) is 15.6. The summed E-state index contributed by atoms with van der Waals surface area (Å²) in [4.78, 5) is 0. The molecule has 2 aromatic rings. The molecule has 2 atom stereocenters. The van der Waals surface area contributed by atoms with E-state index in [2.05, 4.69) is 0 Å². The summed E-state index contributed by atoms with van der Waals surface area (Å²) in [6, 6.07) is 10.1. The fourth-order valence-electron chi connectivity index (χ4n) is 2.23. The van der Waals surface area contributed by atoms with Crippen LogP contribution in [-0.4, -0.2) is 11.7 Å². The number of benzene rings is 2. The summed E-state index contributed by atoms with van der Waals surface area (Å²) in [6.45, 7) is 0.170. The molecule has 3 N–H and O–H groups in total. The van der Waals surface area contributed by atoms with Crippen LogP contribution in [0.15, 0.2) is 36.4 Å². The highest BCUT2D eigenvalue weighted by Crippen LogP contribution is 2.40. The molecule has 6 heteroatoms. The third-order valence-electron chi connectivity index (χ3n) is 3.29. The van der Waals surface area contributed by atoms with Gasteiger partial charge in [0, 0.05) is 32.6 Å². The predicted molar refractivity (Wildman–Crippen MR) is 89.7 cm³/mol. The molecule has 0 aromatic heterocycles. The number of hydrogen-bond donors (Lipinski definition) is 2. The van der Waals surface area contributed by atoms with Gasteiger partial charge in [-0.1, -0.05) is 58.5 Å². The van der Waals surface area contributed by atoms with Crippen LogP contribution in [0.1, 0.15) is 23.1 Å². The molecule has 0 aliphatic carbocycles. The fourth-order valence-corrected chi connectivity index (χ4v) is 3.43. The lowest BCUT2D eigenvalue weighted by molar-refractivity contribution is 0.147. The molecule has 0 fully saturated rings. The predicted octanol–water partition coefficient (Wildman–Crippen LogP) is 5.08. The molecule has 0 heterocycles. The number of aliphatic hydroxyl groups excluding tert-OH is 1. The van der Waals surface area contributed by atoms with Crippen LogP contribution in [0, 0.1) is 0 Å². The molecule has 0 saturated carbocycles. The highest BCUT2D eigenvalue weighted by atomic mass is 35.5. The number of nitrogens with two attached hydrogens (primary N) is 1. The van der Waals surface area contributed by atoms with Crippen LogP contribution in [0.25, 0.3) is 0 Å².